The van der Waals surface area contributed by atoms with Gasteiger partial charge in [-0.05, 0) is 39.4 Å². The average Bonchev–Trinajstić information content (AvgIpc) is 2.43. The smallest absolute Gasteiger partial charge is 0.312 e. The minimum absolute atomic E-state index is 0.574. The molecule has 14 heavy (non-hydrogen) atoms. The standard InChI is InChI=1S/C9H10BrNO2S/c10-7-6(1-2-14-7)3-9(8(12)13)4-11-5-9/h1-2,11H,3-5H2,(H,12,13). The maximum atomic E-state index is 11.1. The zero-order chi connectivity index (χ0) is 10.2. The fourth-order valence-electron chi connectivity index (χ4n) is 1.59. The summed E-state index contributed by atoms with van der Waals surface area (Å²) < 4.78 is 1.05. The first-order valence-electron chi connectivity index (χ1n) is 4.30. The van der Waals surface area contributed by atoms with Crippen LogP contribution in [0.2, 0.25) is 0 Å². The van der Waals surface area contributed by atoms with Gasteiger partial charge in [0.05, 0.1) is 9.20 Å². The number of carboxylic acid groups (broad SMARTS) is 1. The third-order valence-electron chi connectivity index (χ3n) is 2.60. The van der Waals surface area contributed by atoms with E-state index in [1.54, 1.807) is 11.3 Å². The van der Waals surface area contributed by atoms with Gasteiger partial charge in [-0.15, -0.1) is 11.3 Å². The predicted molar refractivity (Wildman–Crippen MR) is 58.7 cm³/mol. The number of aliphatic carboxylic acids is 1. The number of hydrogen-bond donors (Lipinski definition) is 2. The Kier molecular flexibility index (Phi) is 2.64. The summed E-state index contributed by atoms with van der Waals surface area (Å²) in [5.74, 6) is -0.700. The lowest BCUT2D eigenvalue weighted by Crippen LogP contribution is -2.59. The van der Waals surface area contributed by atoms with Gasteiger partial charge in [-0.25, -0.2) is 0 Å². The van der Waals surface area contributed by atoms with Gasteiger partial charge in [0.2, 0.25) is 0 Å². The maximum absolute atomic E-state index is 11.1. The van der Waals surface area contributed by atoms with E-state index in [4.69, 9.17) is 5.11 Å². The molecule has 76 valence electrons. The second-order valence-electron chi connectivity index (χ2n) is 3.59. The van der Waals surface area contributed by atoms with Gasteiger partial charge in [-0.2, -0.15) is 0 Å². The summed E-state index contributed by atoms with van der Waals surface area (Å²) in [4.78, 5) is 11.1. The van der Waals surface area contributed by atoms with Crippen LogP contribution in [0.1, 0.15) is 5.56 Å². The third-order valence-corrected chi connectivity index (χ3v) is 4.41. The van der Waals surface area contributed by atoms with E-state index in [-0.39, 0.29) is 0 Å². The molecule has 1 aromatic rings. The molecule has 2 rings (SSSR count). The van der Waals surface area contributed by atoms with E-state index in [0.29, 0.717) is 19.5 Å². The van der Waals surface area contributed by atoms with Crippen LogP contribution < -0.4 is 5.32 Å². The van der Waals surface area contributed by atoms with Crippen molar-refractivity contribution in [3.8, 4) is 0 Å². The van der Waals surface area contributed by atoms with Crippen molar-refractivity contribution in [1.29, 1.82) is 0 Å². The Labute approximate surface area is 94.3 Å². The molecule has 2 N–H and O–H groups in total. The van der Waals surface area contributed by atoms with Crippen molar-refractivity contribution in [1.82, 2.24) is 5.32 Å². The Morgan fingerprint density at radius 2 is 2.43 bits per heavy atom. The summed E-state index contributed by atoms with van der Waals surface area (Å²) >= 11 is 5.02. The molecule has 5 heteroatoms. The van der Waals surface area contributed by atoms with Crippen LogP contribution in [0.5, 0.6) is 0 Å². The first kappa shape index (κ1) is 10.1. The van der Waals surface area contributed by atoms with Crippen LogP contribution >= 0.6 is 27.3 Å². The van der Waals surface area contributed by atoms with Gasteiger partial charge in [0.15, 0.2) is 0 Å². The number of thiophene rings is 1. The quantitative estimate of drug-likeness (QED) is 0.884. The molecule has 1 aliphatic rings. The second-order valence-corrected chi connectivity index (χ2v) is 5.82. The lowest BCUT2D eigenvalue weighted by atomic mass is 9.77. The Morgan fingerprint density at radius 3 is 2.79 bits per heavy atom. The third kappa shape index (κ3) is 1.60. The van der Waals surface area contributed by atoms with E-state index in [9.17, 15) is 4.79 Å². The molecule has 0 saturated carbocycles. The second kappa shape index (κ2) is 3.64. The molecule has 0 spiro atoms. The van der Waals surface area contributed by atoms with Gasteiger partial charge in [-0.1, -0.05) is 0 Å². The summed E-state index contributed by atoms with van der Waals surface area (Å²) in [5, 5.41) is 14.1. The average molecular weight is 276 g/mol. The first-order chi connectivity index (χ1) is 6.64. The molecule has 0 radical (unpaired) electrons. The molecular formula is C9H10BrNO2S. The molecule has 1 aromatic heterocycles. The van der Waals surface area contributed by atoms with Crippen molar-refractivity contribution in [3.05, 3.63) is 20.8 Å². The summed E-state index contributed by atoms with van der Waals surface area (Å²) in [5.41, 5.74) is 0.516. The highest BCUT2D eigenvalue weighted by Crippen LogP contribution is 2.33. The zero-order valence-corrected chi connectivity index (χ0v) is 9.82. The minimum atomic E-state index is -0.700. The summed E-state index contributed by atoms with van der Waals surface area (Å²) in [6.45, 7) is 1.15. The predicted octanol–water partition coefficient (Wildman–Crippen LogP) is 1.73. The Hall–Kier alpha value is -0.390. The fourth-order valence-corrected chi connectivity index (χ4v) is 2.83. The van der Waals surface area contributed by atoms with Crippen molar-refractivity contribution in [2.45, 2.75) is 6.42 Å². The normalized spacial score (nSPS) is 18.9. The zero-order valence-electron chi connectivity index (χ0n) is 7.42. The van der Waals surface area contributed by atoms with Crippen LogP contribution in [0, 0.1) is 5.41 Å². The number of carbonyl (C=O) groups is 1. The van der Waals surface area contributed by atoms with Crippen LogP contribution in [0.25, 0.3) is 0 Å². The number of carboxylic acids is 1. The van der Waals surface area contributed by atoms with E-state index < -0.39 is 11.4 Å². The van der Waals surface area contributed by atoms with Crippen LogP contribution in [-0.4, -0.2) is 24.2 Å². The Morgan fingerprint density at radius 1 is 1.71 bits per heavy atom. The molecule has 1 fully saturated rings. The van der Waals surface area contributed by atoms with E-state index in [1.165, 1.54) is 0 Å². The highest BCUT2D eigenvalue weighted by atomic mass is 79.9. The minimum Gasteiger partial charge on any atom is -0.481 e. The molecule has 3 nitrogen and oxygen atoms in total. The van der Waals surface area contributed by atoms with Crippen molar-refractivity contribution >= 4 is 33.2 Å². The van der Waals surface area contributed by atoms with Crippen LogP contribution in [0.15, 0.2) is 15.2 Å². The molecule has 1 saturated heterocycles. The SMILES string of the molecule is O=C(O)C1(Cc2ccsc2Br)CNC1. The van der Waals surface area contributed by atoms with Crippen molar-refractivity contribution in [2.75, 3.05) is 13.1 Å². The van der Waals surface area contributed by atoms with E-state index in [0.717, 1.165) is 9.35 Å². The first-order valence-corrected chi connectivity index (χ1v) is 5.97. The molecule has 0 unspecified atom stereocenters. The van der Waals surface area contributed by atoms with E-state index in [1.807, 2.05) is 11.4 Å². The number of nitrogens with one attached hydrogen (secondary N) is 1. The monoisotopic (exact) mass is 275 g/mol. The van der Waals surface area contributed by atoms with Crippen LogP contribution in [0.3, 0.4) is 0 Å². The highest BCUT2D eigenvalue weighted by Gasteiger charge is 2.44. The molecule has 0 aromatic carbocycles. The highest BCUT2D eigenvalue weighted by molar-refractivity contribution is 9.11. The molecule has 0 bridgehead atoms. The summed E-state index contributed by atoms with van der Waals surface area (Å²) in [6.07, 6.45) is 0.611. The number of halogens is 1. The van der Waals surface area contributed by atoms with Crippen molar-refractivity contribution in [3.63, 3.8) is 0 Å². The Bertz CT molecular complexity index is 359. The van der Waals surface area contributed by atoms with Gasteiger partial charge in [-0.3, -0.25) is 4.79 Å². The molecule has 0 amide bonds. The maximum Gasteiger partial charge on any atom is 0.312 e. The van der Waals surface area contributed by atoms with Crippen LogP contribution in [-0.2, 0) is 11.2 Å². The lowest BCUT2D eigenvalue weighted by Gasteiger charge is -2.38. The molecule has 0 aliphatic carbocycles. The van der Waals surface area contributed by atoms with Gasteiger partial charge in [0.1, 0.15) is 0 Å². The van der Waals surface area contributed by atoms with Gasteiger partial charge < -0.3 is 10.4 Å². The summed E-state index contributed by atoms with van der Waals surface area (Å²) in [6, 6.07) is 1.98. The topological polar surface area (TPSA) is 49.3 Å². The fraction of sp³-hybridized carbons (Fsp3) is 0.444. The molecule has 2 heterocycles. The molecule has 0 atom stereocenters. The largest absolute Gasteiger partial charge is 0.481 e. The van der Waals surface area contributed by atoms with Gasteiger partial charge >= 0.3 is 5.97 Å². The summed E-state index contributed by atoms with van der Waals surface area (Å²) in [7, 11) is 0. The Balaban J connectivity index is 2.17. The van der Waals surface area contributed by atoms with E-state index >= 15 is 0 Å². The van der Waals surface area contributed by atoms with Crippen molar-refractivity contribution < 1.29 is 9.90 Å². The van der Waals surface area contributed by atoms with Gasteiger partial charge in [0, 0.05) is 13.1 Å². The van der Waals surface area contributed by atoms with Crippen molar-refractivity contribution in [2.24, 2.45) is 5.41 Å². The lowest BCUT2D eigenvalue weighted by molar-refractivity contribution is -0.152. The number of hydrogen-bond acceptors (Lipinski definition) is 3. The van der Waals surface area contributed by atoms with E-state index in [2.05, 4.69) is 21.2 Å². The van der Waals surface area contributed by atoms with Gasteiger partial charge in [0.25, 0.3) is 0 Å². The molecule has 1 aliphatic heterocycles. The van der Waals surface area contributed by atoms with Crippen LogP contribution in [0.4, 0.5) is 0 Å². The molecular weight excluding hydrogens is 266 g/mol. The number of rotatable bonds is 3.